The van der Waals surface area contributed by atoms with E-state index in [4.69, 9.17) is 25.5 Å². The number of oxazole rings is 1. The van der Waals surface area contributed by atoms with Crippen LogP contribution in [0.2, 0.25) is 0 Å². The maximum Gasteiger partial charge on any atom is 0.226 e. The Hall–Kier alpha value is -1.72. The highest BCUT2D eigenvalue weighted by atomic mass is 35.5. The lowest BCUT2D eigenvalue weighted by molar-refractivity contribution is 0.218. The average Bonchev–Trinajstić information content (AvgIpc) is 3.11. The Bertz CT molecular complexity index is 668. The number of rotatable bonds is 8. The largest absolute Gasteiger partial charge is 0.493 e. The van der Waals surface area contributed by atoms with E-state index in [1.54, 1.807) is 13.4 Å². The number of methoxy groups -OCH3 is 1. The van der Waals surface area contributed by atoms with Gasteiger partial charge in [-0.3, -0.25) is 4.90 Å². The van der Waals surface area contributed by atoms with Crippen LogP contribution in [0, 0.1) is 0 Å². The van der Waals surface area contributed by atoms with E-state index in [1.165, 1.54) is 19.3 Å². The second-order valence-corrected chi connectivity index (χ2v) is 6.62. The lowest BCUT2D eigenvalue weighted by atomic mass is 10.1. The molecular weight excluding hydrogens is 340 g/mol. The van der Waals surface area contributed by atoms with Crippen LogP contribution in [-0.4, -0.2) is 42.6 Å². The Morgan fingerprint density at radius 2 is 2.04 bits per heavy atom. The highest BCUT2D eigenvalue weighted by Crippen LogP contribution is 2.32. The van der Waals surface area contributed by atoms with Gasteiger partial charge in [0.15, 0.2) is 11.5 Å². The number of aromatic nitrogens is 1. The van der Waals surface area contributed by atoms with Crippen molar-refractivity contribution < 1.29 is 13.9 Å². The van der Waals surface area contributed by atoms with Gasteiger partial charge < -0.3 is 13.9 Å². The summed E-state index contributed by atoms with van der Waals surface area (Å²) in [5, 5.41) is 0. The van der Waals surface area contributed by atoms with Crippen molar-refractivity contribution in [3.63, 3.8) is 0 Å². The standard InChI is InChI=1S/C19H25ClN2O3/c1-23-18-12-15(6-7-17(18)24-11-5-8-20)19-21-16(14-25-19)13-22-9-3-2-4-10-22/h6-7,12,14H,2-5,8-11,13H2,1H3. The van der Waals surface area contributed by atoms with Crippen molar-refractivity contribution in [2.75, 3.05) is 32.7 Å². The zero-order valence-electron chi connectivity index (χ0n) is 14.7. The molecule has 0 radical (unpaired) electrons. The molecule has 2 heterocycles. The molecule has 1 aromatic heterocycles. The minimum atomic E-state index is 0.568. The molecular formula is C19H25ClN2O3. The van der Waals surface area contributed by atoms with Gasteiger partial charge in [0.25, 0.3) is 0 Å². The van der Waals surface area contributed by atoms with E-state index in [0.717, 1.165) is 37.3 Å². The van der Waals surface area contributed by atoms with Gasteiger partial charge in [-0.05, 0) is 50.6 Å². The zero-order valence-corrected chi connectivity index (χ0v) is 15.4. The van der Waals surface area contributed by atoms with Gasteiger partial charge in [-0.25, -0.2) is 4.98 Å². The maximum atomic E-state index is 5.70. The van der Waals surface area contributed by atoms with E-state index in [2.05, 4.69) is 9.88 Å². The van der Waals surface area contributed by atoms with Crippen molar-refractivity contribution in [3.05, 3.63) is 30.2 Å². The fraction of sp³-hybridized carbons (Fsp3) is 0.526. The van der Waals surface area contributed by atoms with Crippen LogP contribution in [-0.2, 0) is 6.54 Å². The highest BCUT2D eigenvalue weighted by molar-refractivity contribution is 6.17. The Kier molecular flexibility index (Phi) is 6.59. The first kappa shape index (κ1) is 18.1. The van der Waals surface area contributed by atoms with E-state index < -0.39 is 0 Å². The number of benzene rings is 1. The summed E-state index contributed by atoms with van der Waals surface area (Å²) in [6.45, 7) is 3.70. The normalized spacial score (nSPS) is 15.3. The molecule has 0 N–H and O–H groups in total. The van der Waals surface area contributed by atoms with Gasteiger partial charge >= 0.3 is 0 Å². The molecule has 0 aliphatic carbocycles. The number of hydrogen-bond donors (Lipinski definition) is 0. The monoisotopic (exact) mass is 364 g/mol. The van der Waals surface area contributed by atoms with Crippen LogP contribution in [0.3, 0.4) is 0 Å². The number of alkyl halides is 1. The van der Waals surface area contributed by atoms with Crippen LogP contribution >= 0.6 is 11.6 Å². The van der Waals surface area contributed by atoms with E-state index >= 15 is 0 Å². The summed E-state index contributed by atoms with van der Waals surface area (Å²) in [5.41, 5.74) is 1.85. The third-order valence-electron chi connectivity index (χ3n) is 4.33. The van der Waals surface area contributed by atoms with Crippen molar-refractivity contribution in [2.45, 2.75) is 32.2 Å². The second-order valence-electron chi connectivity index (χ2n) is 6.24. The van der Waals surface area contributed by atoms with Crippen LogP contribution in [0.15, 0.2) is 28.9 Å². The van der Waals surface area contributed by atoms with Gasteiger partial charge in [0.1, 0.15) is 6.26 Å². The van der Waals surface area contributed by atoms with Gasteiger partial charge in [-0.15, -0.1) is 11.6 Å². The van der Waals surface area contributed by atoms with Crippen LogP contribution < -0.4 is 9.47 Å². The molecule has 1 aliphatic heterocycles. The molecule has 0 bridgehead atoms. The molecule has 2 aromatic rings. The van der Waals surface area contributed by atoms with Gasteiger partial charge in [0, 0.05) is 18.0 Å². The minimum absolute atomic E-state index is 0.568. The molecule has 25 heavy (non-hydrogen) atoms. The molecule has 0 unspecified atom stereocenters. The van der Waals surface area contributed by atoms with Crippen molar-refractivity contribution in [1.82, 2.24) is 9.88 Å². The summed E-state index contributed by atoms with van der Waals surface area (Å²) in [6, 6.07) is 5.72. The molecule has 1 aromatic carbocycles. The lowest BCUT2D eigenvalue weighted by Gasteiger charge is -2.25. The quantitative estimate of drug-likeness (QED) is 0.515. The predicted molar refractivity (Wildman–Crippen MR) is 98.5 cm³/mol. The van der Waals surface area contributed by atoms with Crippen LogP contribution in [0.25, 0.3) is 11.5 Å². The zero-order chi connectivity index (χ0) is 17.5. The smallest absolute Gasteiger partial charge is 0.226 e. The molecule has 1 saturated heterocycles. The number of ether oxygens (including phenoxy) is 2. The first-order chi connectivity index (χ1) is 12.3. The topological polar surface area (TPSA) is 47.7 Å². The fourth-order valence-corrected chi connectivity index (χ4v) is 3.12. The van der Waals surface area contributed by atoms with Crippen molar-refractivity contribution in [3.8, 4) is 23.0 Å². The highest BCUT2D eigenvalue weighted by Gasteiger charge is 2.15. The number of halogens is 1. The molecule has 0 atom stereocenters. The van der Waals surface area contributed by atoms with E-state index in [9.17, 15) is 0 Å². The van der Waals surface area contributed by atoms with Gasteiger partial charge in [0.2, 0.25) is 5.89 Å². The molecule has 5 nitrogen and oxygen atoms in total. The molecule has 1 aliphatic rings. The van der Waals surface area contributed by atoms with Crippen molar-refractivity contribution >= 4 is 11.6 Å². The number of likely N-dealkylation sites (tertiary alicyclic amines) is 1. The van der Waals surface area contributed by atoms with Gasteiger partial charge in [-0.1, -0.05) is 6.42 Å². The first-order valence-electron chi connectivity index (χ1n) is 8.84. The van der Waals surface area contributed by atoms with E-state index in [0.29, 0.717) is 29.9 Å². The summed E-state index contributed by atoms with van der Waals surface area (Å²) >= 11 is 5.68. The Balaban J connectivity index is 1.68. The van der Waals surface area contributed by atoms with Gasteiger partial charge in [-0.2, -0.15) is 0 Å². The summed E-state index contributed by atoms with van der Waals surface area (Å²) in [6.07, 6.45) is 6.42. The third-order valence-corrected chi connectivity index (χ3v) is 4.60. The predicted octanol–water partition coefficient (Wildman–Crippen LogP) is 4.34. The molecule has 136 valence electrons. The van der Waals surface area contributed by atoms with Gasteiger partial charge in [0.05, 0.1) is 19.4 Å². The van der Waals surface area contributed by atoms with Crippen LogP contribution in [0.5, 0.6) is 11.5 Å². The molecule has 0 amide bonds. The van der Waals surface area contributed by atoms with E-state index in [-0.39, 0.29) is 0 Å². The maximum absolute atomic E-state index is 5.70. The summed E-state index contributed by atoms with van der Waals surface area (Å²) in [7, 11) is 1.63. The Morgan fingerprint density at radius 1 is 1.20 bits per heavy atom. The number of nitrogens with zero attached hydrogens (tertiary/aromatic N) is 2. The molecule has 6 heteroatoms. The summed E-state index contributed by atoms with van der Waals surface area (Å²) in [5.74, 6) is 2.56. The Morgan fingerprint density at radius 3 is 2.80 bits per heavy atom. The third kappa shape index (κ3) is 4.89. The fourth-order valence-electron chi connectivity index (χ4n) is 3.02. The average molecular weight is 365 g/mol. The van der Waals surface area contributed by atoms with Crippen LogP contribution in [0.1, 0.15) is 31.4 Å². The lowest BCUT2D eigenvalue weighted by Crippen LogP contribution is -2.29. The second kappa shape index (κ2) is 9.11. The van der Waals surface area contributed by atoms with E-state index in [1.807, 2.05) is 18.2 Å². The van der Waals surface area contributed by atoms with Crippen molar-refractivity contribution in [1.29, 1.82) is 0 Å². The summed E-state index contributed by atoms with van der Waals surface area (Å²) in [4.78, 5) is 7.06. The SMILES string of the molecule is COc1cc(-c2nc(CN3CCCCC3)co2)ccc1OCCCCl. The Labute approximate surface area is 153 Å². The molecule has 0 spiro atoms. The number of hydrogen-bond acceptors (Lipinski definition) is 5. The number of piperidine rings is 1. The molecule has 0 saturated carbocycles. The molecule has 1 fully saturated rings. The van der Waals surface area contributed by atoms with Crippen molar-refractivity contribution in [2.24, 2.45) is 0 Å². The molecule has 3 rings (SSSR count). The minimum Gasteiger partial charge on any atom is -0.493 e. The van der Waals surface area contributed by atoms with Crippen LogP contribution in [0.4, 0.5) is 0 Å². The summed E-state index contributed by atoms with van der Waals surface area (Å²) < 4.78 is 16.8. The first-order valence-corrected chi connectivity index (χ1v) is 9.37.